The maximum absolute atomic E-state index is 13.7. The lowest BCUT2D eigenvalue weighted by Gasteiger charge is -2.25. The normalized spacial score (nSPS) is 21.1. The van der Waals surface area contributed by atoms with Crippen molar-refractivity contribution in [1.82, 2.24) is 19.3 Å². The average Bonchev–Trinajstić information content (AvgIpc) is 3.46. The highest BCUT2D eigenvalue weighted by molar-refractivity contribution is 7.89. The van der Waals surface area contributed by atoms with Crippen molar-refractivity contribution in [3.8, 4) is 11.3 Å². The Hall–Kier alpha value is -3.46. The van der Waals surface area contributed by atoms with Crippen LogP contribution in [0.3, 0.4) is 0 Å². The van der Waals surface area contributed by atoms with Crippen molar-refractivity contribution in [2.45, 2.75) is 55.3 Å². The lowest BCUT2D eigenvalue weighted by atomic mass is 9.81. The SMILES string of the molecule is O=C(CCc1cc(-c2cnc(C(F)(F)F)nc2)ncc1C(F)F)[C@@H]1C2CC(C2)N1S(=O)(=O)c1ccc(F)c(F)c1. The van der Waals surface area contributed by atoms with Crippen LogP contribution >= 0.6 is 0 Å². The minimum absolute atomic E-state index is 0.00578. The third kappa shape index (κ3) is 5.07. The van der Waals surface area contributed by atoms with Gasteiger partial charge in [0.15, 0.2) is 17.4 Å². The molecule has 0 unspecified atom stereocenters. The second-order valence-electron chi connectivity index (χ2n) is 9.57. The van der Waals surface area contributed by atoms with E-state index in [9.17, 15) is 43.9 Å². The van der Waals surface area contributed by atoms with Crippen LogP contribution < -0.4 is 0 Å². The average molecular weight is 589 g/mol. The van der Waals surface area contributed by atoms with Crippen molar-refractivity contribution in [2.75, 3.05) is 0 Å². The van der Waals surface area contributed by atoms with Crippen LogP contribution in [0.2, 0.25) is 0 Å². The number of sulfonamides is 1. The highest BCUT2D eigenvalue weighted by Crippen LogP contribution is 2.49. The zero-order valence-electron chi connectivity index (χ0n) is 20.2. The molecule has 3 aliphatic rings. The zero-order chi connectivity index (χ0) is 29.0. The third-order valence-electron chi connectivity index (χ3n) is 7.13. The Morgan fingerprint density at radius 1 is 1.00 bits per heavy atom. The van der Waals surface area contributed by atoms with E-state index in [2.05, 4.69) is 15.0 Å². The van der Waals surface area contributed by atoms with Gasteiger partial charge in [-0.1, -0.05) is 0 Å². The number of rotatable bonds is 8. The standard InChI is InChI=1S/C25H19F7N4O3S/c26-18-3-2-16(8-19(18)27)40(38,39)36-15-5-13(6-15)22(36)21(37)4-1-12-7-20(33-11-17(12)23(28)29)14-9-34-24(35-10-14)25(30,31)32/h2-3,7-11,13,15,22-23H,1,4-6H2/t13?,15?,22-/m0/s1. The molecule has 1 aromatic carbocycles. The number of benzene rings is 1. The number of ketones is 1. The van der Waals surface area contributed by atoms with E-state index in [1.807, 2.05) is 0 Å². The van der Waals surface area contributed by atoms with E-state index >= 15 is 0 Å². The molecule has 0 radical (unpaired) electrons. The van der Waals surface area contributed by atoms with Gasteiger partial charge in [-0.15, -0.1) is 0 Å². The molecule has 2 aliphatic heterocycles. The molecule has 2 saturated heterocycles. The Kier molecular flexibility index (Phi) is 7.15. The fourth-order valence-corrected chi connectivity index (χ4v) is 7.02. The van der Waals surface area contributed by atoms with Gasteiger partial charge in [-0.3, -0.25) is 9.78 Å². The van der Waals surface area contributed by atoms with E-state index in [1.165, 1.54) is 6.07 Å². The first kappa shape index (κ1) is 28.1. The first-order valence-corrected chi connectivity index (χ1v) is 13.4. The fourth-order valence-electron chi connectivity index (χ4n) is 5.13. The molecule has 7 nitrogen and oxygen atoms in total. The molecule has 1 aliphatic carbocycles. The monoisotopic (exact) mass is 588 g/mol. The molecule has 2 aromatic heterocycles. The third-order valence-corrected chi connectivity index (χ3v) is 9.06. The first-order chi connectivity index (χ1) is 18.8. The van der Waals surface area contributed by atoms with Gasteiger partial charge in [0.05, 0.1) is 16.6 Å². The molecule has 0 amide bonds. The van der Waals surface area contributed by atoms with E-state index in [4.69, 9.17) is 0 Å². The second-order valence-corrected chi connectivity index (χ2v) is 11.4. The van der Waals surface area contributed by atoms with Gasteiger partial charge in [0, 0.05) is 42.2 Å². The molecule has 2 bridgehead atoms. The van der Waals surface area contributed by atoms with Crippen molar-refractivity contribution >= 4 is 15.8 Å². The molecule has 40 heavy (non-hydrogen) atoms. The highest BCUT2D eigenvalue weighted by Gasteiger charge is 2.58. The summed E-state index contributed by atoms with van der Waals surface area (Å²) in [5, 5.41) is 0. The van der Waals surface area contributed by atoms with Crippen molar-refractivity contribution in [2.24, 2.45) is 5.92 Å². The lowest BCUT2D eigenvalue weighted by Crippen LogP contribution is -2.41. The summed E-state index contributed by atoms with van der Waals surface area (Å²) in [6.45, 7) is 0. The van der Waals surface area contributed by atoms with Crippen LogP contribution in [0.15, 0.2) is 47.8 Å². The Morgan fingerprint density at radius 2 is 1.68 bits per heavy atom. The van der Waals surface area contributed by atoms with E-state index in [1.54, 1.807) is 0 Å². The molecule has 6 rings (SSSR count). The Bertz CT molecular complexity index is 1560. The molecule has 15 heteroatoms. The second kappa shape index (κ2) is 10.2. The number of Topliss-reactive ketones (excluding diaryl/α,β-unsaturated/α-hetero) is 1. The Labute approximate surface area is 223 Å². The summed E-state index contributed by atoms with van der Waals surface area (Å²) < 4.78 is 120. The Morgan fingerprint density at radius 3 is 2.27 bits per heavy atom. The van der Waals surface area contributed by atoms with E-state index in [-0.39, 0.29) is 35.6 Å². The number of hydrogen-bond donors (Lipinski definition) is 0. The summed E-state index contributed by atoms with van der Waals surface area (Å²) in [6.07, 6.45) is -4.96. The summed E-state index contributed by atoms with van der Waals surface area (Å²) in [6, 6.07) is 1.73. The van der Waals surface area contributed by atoms with E-state index in [0.717, 1.165) is 29.0 Å². The molecular weight excluding hydrogens is 569 g/mol. The molecule has 0 N–H and O–H groups in total. The Balaban J connectivity index is 1.37. The summed E-state index contributed by atoms with van der Waals surface area (Å²) in [7, 11) is -4.36. The zero-order valence-corrected chi connectivity index (χ0v) is 21.1. The lowest BCUT2D eigenvalue weighted by molar-refractivity contribution is -0.145. The van der Waals surface area contributed by atoms with Crippen molar-refractivity contribution < 1.29 is 43.9 Å². The van der Waals surface area contributed by atoms with Crippen LogP contribution in [0.4, 0.5) is 30.7 Å². The largest absolute Gasteiger partial charge is 0.451 e. The van der Waals surface area contributed by atoms with Gasteiger partial charge in [-0.05, 0) is 55.0 Å². The smallest absolute Gasteiger partial charge is 0.298 e. The number of aryl methyl sites for hydroxylation is 1. The van der Waals surface area contributed by atoms with Gasteiger partial charge in [-0.2, -0.15) is 17.5 Å². The van der Waals surface area contributed by atoms with Gasteiger partial charge < -0.3 is 0 Å². The van der Waals surface area contributed by atoms with Gasteiger partial charge in [0.25, 0.3) is 6.43 Å². The van der Waals surface area contributed by atoms with Gasteiger partial charge in [-0.25, -0.2) is 35.9 Å². The van der Waals surface area contributed by atoms with Crippen molar-refractivity contribution in [3.63, 3.8) is 0 Å². The van der Waals surface area contributed by atoms with E-state index < -0.39 is 68.4 Å². The predicted molar refractivity (Wildman–Crippen MR) is 124 cm³/mol. The molecule has 4 heterocycles. The number of alkyl halides is 5. The van der Waals surface area contributed by atoms with Crippen LogP contribution in [0.25, 0.3) is 11.3 Å². The van der Waals surface area contributed by atoms with Crippen LogP contribution in [0.1, 0.15) is 42.6 Å². The van der Waals surface area contributed by atoms with Gasteiger partial charge >= 0.3 is 6.18 Å². The fraction of sp³-hybridized carbons (Fsp3) is 0.360. The number of carbonyl (C=O) groups excluding carboxylic acids is 1. The summed E-state index contributed by atoms with van der Waals surface area (Å²) in [5.41, 5.74) is -0.465. The number of hydrogen-bond acceptors (Lipinski definition) is 6. The van der Waals surface area contributed by atoms with Gasteiger partial charge in [0.1, 0.15) is 0 Å². The number of aromatic nitrogens is 3. The van der Waals surface area contributed by atoms with Crippen molar-refractivity contribution in [3.05, 3.63) is 71.4 Å². The molecule has 3 aromatic rings. The molecule has 1 atom stereocenters. The van der Waals surface area contributed by atoms with Crippen LogP contribution in [0, 0.1) is 17.6 Å². The van der Waals surface area contributed by atoms with E-state index in [0.29, 0.717) is 25.0 Å². The number of carbonyl (C=O) groups is 1. The minimum Gasteiger partial charge on any atom is -0.298 e. The highest BCUT2D eigenvalue weighted by atomic mass is 32.2. The maximum Gasteiger partial charge on any atom is 0.451 e. The predicted octanol–water partition coefficient (Wildman–Crippen LogP) is 5.13. The number of halogens is 7. The minimum atomic E-state index is -4.77. The number of fused-ring (bicyclic) bond motifs is 1. The number of nitrogens with zero attached hydrogens (tertiary/aromatic N) is 4. The first-order valence-electron chi connectivity index (χ1n) is 11.9. The van der Waals surface area contributed by atoms with Gasteiger partial charge in [0.2, 0.25) is 15.8 Å². The van der Waals surface area contributed by atoms with Crippen molar-refractivity contribution in [1.29, 1.82) is 0 Å². The molecule has 0 spiro atoms. The molecule has 3 fully saturated rings. The quantitative estimate of drug-likeness (QED) is 0.339. The van der Waals surface area contributed by atoms with Crippen LogP contribution in [0.5, 0.6) is 0 Å². The van der Waals surface area contributed by atoms with Crippen LogP contribution in [-0.2, 0) is 27.4 Å². The molecule has 1 saturated carbocycles. The van der Waals surface area contributed by atoms with Crippen LogP contribution in [-0.4, -0.2) is 45.5 Å². The molecular formula is C25H19F7N4O3S. The number of pyridine rings is 1. The summed E-state index contributed by atoms with van der Waals surface area (Å²) in [5.74, 6) is -4.81. The summed E-state index contributed by atoms with van der Waals surface area (Å²) >= 11 is 0. The molecule has 212 valence electrons. The topological polar surface area (TPSA) is 93.1 Å². The summed E-state index contributed by atoms with van der Waals surface area (Å²) in [4.78, 5) is 23.1. The maximum atomic E-state index is 13.7.